The van der Waals surface area contributed by atoms with Crippen LogP contribution in [0.5, 0.6) is 5.75 Å². The number of carbonyl (C=O) groups excluding carboxylic acids is 2. The summed E-state index contributed by atoms with van der Waals surface area (Å²) in [6.45, 7) is 4.17. The Morgan fingerprint density at radius 1 is 1.09 bits per heavy atom. The van der Waals surface area contributed by atoms with Crippen molar-refractivity contribution in [2.75, 3.05) is 0 Å². The van der Waals surface area contributed by atoms with E-state index in [4.69, 9.17) is 16.3 Å². The summed E-state index contributed by atoms with van der Waals surface area (Å²) in [5, 5.41) is 11.5. The molecule has 0 radical (unpaired) electrons. The lowest BCUT2D eigenvalue weighted by atomic mass is 9.68. The Balaban J connectivity index is 1.20. The predicted octanol–water partition coefficient (Wildman–Crippen LogP) is 5.64. The van der Waals surface area contributed by atoms with Gasteiger partial charge in [-0.1, -0.05) is 61.1 Å². The number of benzene rings is 2. The number of aliphatic carboxylic acids is 1. The molecule has 224 valence electrons. The molecule has 0 spiro atoms. The van der Waals surface area contributed by atoms with E-state index in [1.165, 1.54) is 11.3 Å². The monoisotopic (exact) mass is 638 g/mol. The van der Waals surface area contributed by atoms with Gasteiger partial charge in [-0.3, -0.25) is 19.3 Å². The third-order valence-electron chi connectivity index (χ3n) is 9.58. The van der Waals surface area contributed by atoms with Gasteiger partial charge in [0, 0.05) is 21.1 Å². The number of likely N-dealkylation sites (tertiary alicyclic amines) is 1. The highest BCUT2D eigenvalue weighted by molar-refractivity contribution is 8.00. The molecule has 2 aromatic carbocycles. The number of fused-ring (bicyclic) bond motifs is 9. The first-order valence-electron chi connectivity index (χ1n) is 14.6. The van der Waals surface area contributed by atoms with Crippen LogP contribution in [-0.4, -0.2) is 44.1 Å². The van der Waals surface area contributed by atoms with Crippen molar-refractivity contribution in [3.8, 4) is 5.75 Å². The number of aromatic amines is 1. The first-order chi connectivity index (χ1) is 20.6. The number of amides is 2. The highest BCUT2D eigenvalue weighted by atomic mass is 35.5. The Labute approximate surface area is 261 Å². The number of carboxylic acids is 1. The predicted molar refractivity (Wildman–Crippen MR) is 163 cm³/mol. The van der Waals surface area contributed by atoms with Gasteiger partial charge in [0.05, 0.1) is 16.9 Å². The average Bonchev–Trinajstić information content (AvgIpc) is 3.70. The Hall–Kier alpha value is -3.08. The minimum atomic E-state index is -1.15. The largest absolute Gasteiger partial charge is 0.489 e. The highest BCUT2D eigenvalue weighted by Gasteiger charge is 2.70. The van der Waals surface area contributed by atoms with E-state index in [1.807, 2.05) is 62.4 Å². The Morgan fingerprint density at radius 3 is 2.49 bits per heavy atom. The molecule has 4 aliphatic rings. The lowest BCUT2D eigenvalue weighted by Crippen LogP contribution is -2.47. The second-order valence-corrected chi connectivity index (χ2v) is 15.1. The fourth-order valence-corrected chi connectivity index (χ4v) is 11.2. The van der Waals surface area contributed by atoms with Crippen molar-refractivity contribution in [1.29, 1.82) is 0 Å². The molecule has 2 amide bonds. The molecular weight excluding hydrogens is 608 g/mol. The molecule has 7 rings (SSSR count). The van der Waals surface area contributed by atoms with Crippen molar-refractivity contribution in [2.45, 2.75) is 55.5 Å². The van der Waals surface area contributed by atoms with Crippen LogP contribution in [0, 0.1) is 35.5 Å². The summed E-state index contributed by atoms with van der Waals surface area (Å²) >= 11 is 8.93. The number of imide groups is 1. The van der Waals surface area contributed by atoms with Crippen molar-refractivity contribution in [1.82, 2.24) is 9.88 Å². The van der Waals surface area contributed by atoms with Crippen molar-refractivity contribution < 1.29 is 24.2 Å². The number of thiazole rings is 1. The summed E-state index contributed by atoms with van der Waals surface area (Å²) < 4.78 is 6.01. The number of thioether (sulfide) groups is 1. The van der Waals surface area contributed by atoms with Crippen LogP contribution in [0.3, 0.4) is 0 Å². The number of rotatable bonds is 8. The van der Waals surface area contributed by atoms with Gasteiger partial charge >= 0.3 is 10.8 Å². The van der Waals surface area contributed by atoms with E-state index in [1.54, 1.807) is 11.8 Å². The van der Waals surface area contributed by atoms with Gasteiger partial charge in [-0.15, -0.1) is 11.8 Å². The maximum Gasteiger partial charge on any atom is 0.326 e. The van der Waals surface area contributed by atoms with Crippen LogP contribution in [-0.2, 0) is 21.0 Å². The number of hydrogen-bond acceptors (Lipinski definition) is 7. The zero-order valence-electron chi connectivity index (χ0n) is 23.6. The number of carboxylic acid groups (broad SMARTS) is 1. The Morgan fingerprint density at radius 2 is 1.81 bits per heavy atom. The molecule has 2 saturated carbocycles. The number of carbonyl (C=O) groups is 3. The van der Waals surface area contributed by atoms with Crippen molar-refractivity contribution >= 4 is 52.5 Å². The van der Waals surface area contributed by atoms with Gasteiger partial charge < -0.3 is 14.8 Å². The third kappa shape index (κ3) is 4.73. The Bertz CT molecular complexity index is 1670. The van der Waals surface area contributed by atoms with Crippen LogP contribution in [0.15, 0.2) is 58.4 Å². The summed E-state index contributed by atoms with van der Waals surface area (Å²) in [4.78, 5) is 57.4. The molecule has 1 saturated heterocycles. The summed E-state index contributed by atoms with van der Waals surface area (Å²) in [6, 6.07) is 14.3. The normalized spacial score (nSPS) is 29.5. The van der Waals surface area contributed by atoms with Gasteiger partial charge in [0.1, 0.15) is 18.4 Å². The van der Waals surface area contributed by atoms with E-state index >= 15 is 0 Å². The van der Waals surface area contributed by atoms with E-state index in [2.05, 4.69) is 4.98 Å². The number of halogens is 1. The van der Waals surface area contributed by atoms with Crippen LogP contribution < -0.4 is 9.61 Å². The van der Waals surface area contributed by atoms with E-state index in [9.17, 15) is 24.3 Å². The number of nitrogens with zero attached hydrogens (tertiary/aromatic N) is 1. The van der Waals surface area contributed by atoms with Crippen LogP contribution in [0.25, 0.3) is 0 Å². The lowest BCUT2D eigenvalue weighted by molar-refractivity contribution is -0.156. The van der Waals surface area contributed by atoms with Gasteiger partial charge in [0.15, 0.2) is 0 Å². The number of ether oxygens (including phenoxy) is 1. The molecule has 7 unspecified atom stereocenters. The molecular formula is C32H31ClN2O6S2. The minimum absolute atomic E-state index is 0.0200. The molecule has 11 heteroatoms. The van der Waals surface area contributed by atoms with Gasteiger partial charge in [-0.2, -0.15) is 0 Å². The molecule has 2 aliphatic heterocycles. The maximum absolute atomic E-state index is 13.9. The smallest absolute Gasteiger partial charge is 0.326 e. The van der Waals surface area contributed by atoms with Crippen LogP contribution in [0.1, 0.15) is 48.6 Å². The lowest BCUT2D eigenvalue weighted by Gasteiger charge is -2.43. The van der Waals surface area contributed by atoms with E-state index < -0.39 is 23.8 Å². The first-order valence-corrected chi connectivity index (χ1v) is 16.7. The molecule has 8 atom stereocenters. The second kappa shape index (κ2) is 10.8. The molecule has 2 aliphatic carbocycles. The zero-order chi connectivity index (χ0) is 30.2. The van der Waals surface area contributed by atoms with E-state index in [-0.39, 0.29) is 57.9 Å². The summed E-state index contributed by atoms with van der Waals surface area (Å²) in [6.07, 6.45) is 0.984. The van der Waals surface area contributed by atoms with E-state index in [0.29, 0.717) is 17.4 Å². The number of aromatic nitrogens is 1. The van der Waals surface area contributed by atoms with Crippen LogP contribution >= 0.6 is 34.7 Å². The highest BCUT2D eigenvalue weighted by Crippen LogP contribution is 2.68. The summed E-state index contributed by atoms with van der Waals surface area (Å²) in [5.74, 6) is -2.31. The van der Waals surface area contributed by atoms with Crippen molar-refractivity contribution in [3.05, 3.63) is 79.2 Å². The molecule has 3 fully saturated rings. The number of H-pyrrole nitrogens is 1. The molecule has 43 heavy (non-hydrogen) atoms. The average molecular weight is 639 g/mol. The van der Waals surface area contributed by atoms with Gasteiger partial charge in [0.25, 0.3) is 0 Å². The molecule has 2 bridgehead atoms. The SMILES string of the molecule is CC(C)CC(C(=O)O)N1C(=O)C2C3CC(C2C1=O)C1C3Sc2[nH]c(=O)sc2[C@@H]1c1ccc(OCc2cccc(Cl)c2)cc1. The minimum Gasteiger partial charge on any atom is -0.489 e. The standard InChI is InChI=1S/C32H31ClN2O6S2/c1-14(2)10-21(31(38)39)35-29(36)24-19-12-20(25(24)30(35)37)26-23(19)22(27-28(42-26)34-32(40)43-27)16-6-8-18(9-7-16)41-13-15-4-3-5-17(33)11-15/h3-9,11,14,19-26H,10,12-13H2,1-2H3,(H,34,40)(H,38,39)/t19?,20?,21?,22-,23?,24?,25?,26?/m1/s1. The first kappa shape index (κ1) is 28.7. The molecule has 8 nitrogen and oxygen atoms in total. The fourth-order valence-electron chi connectivity index (χ4n) is 8.05. The Kier molecular flexibility index (Phi) is 7.22. The van der Waals surface area contributed by atoms with Gasteiger partial charge in [-0.05, 0) is 71.9 Å². The molecule has 1 aromatic heterocycles. The summed E-state index contributed by atoms with van der Waals surface area (Å²) in [5.41, 5.74) is 1.99. The van der Waals surface area contributed by atoms with Gasteiger partial charge in [-0.25, -0.2) is 4.79 Å². The van der Waals surface area contributed by atoms with Crippen LogP contribution in [0.4, 0.5) is 0 Å². The molecule has 3 aromatic rings. The number of hydrogen-bond donors (Lipinski definition) is 2. The van der Waals surface area contributed by atoms with Crippen LogP contribution in [0.2, 0.25) is 5.02 Å². The van der Waals surface area contributed by atoms with Crippen molar-refractivity contribution in [2.24, 2.45) is 35.5 Å². The summed E-state index contributed by atoms with van der Waals surface area (Å²) in [7, 11) is 0. The zero-order valence-corrected chi connectivity index (χ0v) is 26.0. The molecule has 3 heterocycles. The van der Waals surface area contributed by atoms with Gasteiger partial charge in [0.2, 0.25) is 11.8 Å². The molecule has 2 N–H and O–H groups in total. The fraction of sp³-hybridized carbons (Fsp3) is 0.438. The van der Waals surface area contributed by atoms with Crippen molar-refractivity contribution in [3.63, 3.8) is 0 Å². The van der Waals surface area contributed by atoms with E-state index in [0.717, 1.165) is 32.4 Å². The third-order valence-corrected chi connectivity index (χ3v) is 12.4. The topological polar surface area (TPSA) is 117 Å². The number of nitrogens with one attached hydrogen (secondary N) is 1. The maximum atomic E-state index is 13.9. The quantitative estimate of drug-likeness (QED) is 0.307. The second-order valence-electron chi connectivity index (χ2n) is 12.5.